The van der Waals surface area contributed by atoms with E-state index in [1.54, 1.807) is 12.1 Å². The fourth-order valence-corrected chi connectivity index (χ4v) is 2.38. The van der Waals surface area contributed by atoms with Crippen molar-refractivity contribution in [2.75, 3.05) is 5.32 Å². The number of hydrogen-bond donors (Lipinski definition) is 2. The molecule has 1 aromatic carbocycles. The van der Waals surface area contributed by atoms with Crippen LogP contribution in [-0.2, 0) is 11.2 Å². The first-order valence-corrected chi connectivity index (χ1v) is 7.29. The fraction of sp³-hybridized carbons (Fsp3) is 0.200. The number of nitrogens with two attached hydrogens (primary N) is 1. The Kier molecular flexibility index (Phi) is 5.20. The normalized spacial score (nSPS) is 12.0. The second kappa shape index (κ2) is 6.93. The summed E-state index contributed by atoms with van der Waals surface area (Å²) in [6, 6.07) is 5.93. The Morgan fingerprint density at radius 3 is 2.55 bits per heavy atom. The number of nitrogens with one attached hydrogen (secondary N) is 1. The molecule has 1 heterocycles. The first-order valence-electron chi connectivity index (χ1n) is 6.49. The standard InChI is InChI=1S/C15H14BrF2N3O/c1-8(22)20-15-3-2-12(16)14(21-15)7-13(19)9-4-10(17)6-11(18)5-9/h2-6,13H,7,19H2,1H3,(H,20,21,22). The molecule has 4 nitrogen and oxygen atoms in total. The highest BCUT2D eigenvalue weighted by Gasteiger charge is 2.14. The van der Waals surface area contributed by atoms with E-state index in [2.05, 4.69) is 26.2 Å². The molecular formula is C15H14BrF2N3O. The number of hydrogen-bond acceptors (Lipinski definition) is 3. The maximum Gasteiger partial charge on any atom is 0.222 e. The second-order valence-electron chi connectivity index (χ2n) is 4.82. The highest BCUT2D eigenvalue weighted by Crippen LogP contribution is 2.24. The van der Waals surface area contributed by atoms with Crippen molar-refractivity contribution in [2.45, 2.75) is 19.4 Å². The highest BCUT2D eigenvalue weighted by molar-refractivity contribution is 9.10. The molecule has 1 aromatic heterocycles. The molecule has 0 aliphatic rings. The van der Waals surface area contributed by atoms with Crippen LogP contribution in [0.25, 0.3) is 0 Å². The van der Waals surface area contributed by atoms with Crippen molar-refractivity contribution < 1.29 is 13.6 Å². The topological polar surface area (TPSA) is 68.0 Å². The van der Waals surface area contributed by atoms with Gasteiger partial charge in [0.15, 0.2) is 0 Å². The lowest BCUT2D eigenvalue weighted by molar-refractivity contribution is -0.114. The van der Waals surface area contributed by atoms with E-state index in [4.69, 9.17) is 5.73 Å². The van der Waals surface area contributed by atoms with Crippen LogP contribution in [0.1, 0.15) is 24.2 Å². The molecule has 2 aromatic rings. The van der Waals surface area contributed by atoms with E-state index in [1.807, 2.05) is 0 Å². The van der Waals surface area contributed by atoms with Gasteiger partial charge in [0.25, 0.3) is 0 Å². The smallest absolute Gasteiger partial charge is 0.222 e. The van der Waals surface area contributed by atoms with Crippen LogP contribution in [0.3, 0.4) is 0 Å². The number of amides is 1. The van der Waals surface area contributed by atoms with Gasteiger partial charge in [0.05, 0.1) is 5.69 Å². The van der Waals surface area contributed by atoms with Crippen LogP contribution in [0.2, 0.25) is 0 Å². The number of carbonyl (C=O) groups is 1. The molecular weight excluding hydrogens is 356 g/mol. The molecule has 0 radical (unpaired) electrons. The van der Waals surface area contributed by atoms with Gasteiger partial charge in [-0.3, -0.25) is 4.79 Å². The van der Waals surface area contributed by atoms with Gasteiger partial charge in [-0.25, -0.2) is 13.8 Å². The van der Waals surface area contributed by atoms with Crippen molar-refractivity contribution >= 4 is 27.7 Å². The van der Waals surface area contributed by atoms with Crippen LogP contribution in [-0.4, -0.2) is 10.9 Å². The Morgan fingerprint density at radius 2 is 1.95 bits per heavy atom. The van der Waals surface area contributed by atoms with E-state index in [1.165, 1.54) is 19.1 Å². The predicted molar refractivity (Wildman–Crippen MR) is 83.2 cm³/mol. The van der Waals surface area contributed by atoms with Crippen molar-refractivity contribution in [1.82, 2.24) is 4.98 Å². The summed E-state index contributed by atoms with van der Waals surface area (Å²) in [6.45, 7) is 1.38. The number of benzene rings is 1. The molecule has 22 heavy (non-hydrogen) atoms. The summed E-state index contributed by atoms with van der Waals surface area (Å²) < 4.78 is 27.2. The van der Waals surface area contributed by atoms with Crippen LogP contribution in [0.5, 0.6) is 0 Å². The van der Waals surface area contributed by atoms with E-state index in [9.17, 15) is 13.6 Å². The summed E-state index contributed by atoms with van der Waals surface area (Å²) >= 11 is 3.35. The third-order valence-electron chi connectivity index (χ3n) is 2.95. The van der Waals surface area contributed by atoms with Crippen molar-refractivity contribution in [3.8, 4) is 0 Å². The Labute approximate surface area is 134 Å². The summed E-state index contributed by atoms with van der Waals surface area (Å²) in [4.78, 5) is 15.3. The van der Waals surface area contributed by atoms with Gasteiger partial charge in [0.2, 0.25) is 5.91 Å². The van der Waals surface area contributed by atoms with Crippen molar-refractivity contribution in [2.24, 2.45) is 5.73 Å². The first kappa shape index (κ1) is 16.5. The zero-order valence-corrected chi connectivity index (χ0v) is 13.3. The summed E-state index contributed by atoms with van der Waals surface area (Å²) in [5, 5.41) is 2.57. The summed E-state index contributed by atoms with van der Waals surface area (Å²) in [5.41, 5.74) is 6.93. The van der Waals surface area contributed by atoms with Crippen LogP contribution in [0.15, 0.2) is 34.8 Å². The summed E-state index contributed by atoms with van der Waals surface area (Å²) in [5.74, 6) is -1.20. The van der Waals surface area contributed by atoms with E-state index in [0.29, 0.717) is 21.5 Å². The fourth-order valence-electron chi connectivity index (χ4n) is 1.99. The predicted octanol–water partition coefficient (Wildman–Crippen LogP) is 3.32. The number of carbonyl (C=O) groups excluding carboxylic acids is 1. The molecule has 0 aliphatic carbocycles. The van der Waals surface area contributed by atoms with E-state index in [-0.39, 0.29) is 12.3 Å². The molecule has 1 amide bonds. The monoisotopic (exact) mass is 369 g/mol. The van der Waals surface area contributed by atoms with Crippen molar-refractivity contribution in [1.29, 1.82) is 0 Å². The van der Waals surface area contributed by atoms with Crippen LogP contribution in [0, 0.1) is 11.6 Å². The minimum Gasteiger partial charge on any atom is -0.324 e. The molecule has 1 unspecified atom stereocenters. The van der Waals surface area contributed by atoms with Gasteiger partial charge in [-0.2, -0.15) is 0 Å². The number of halogens is 3. The number of nitrogens with zero attached hydrogens (tertiary/aromatic N) is 1. The average molecular weight is 370 g/mol. The minimum absolute atomic E-state index is 0.239. The van der Waals surface area contributed by atoms with Crippen LogP contribution in [0.4, 0.5) is 14.6 Å². The SMILES string of the molecule is CC(=O)Nc1ccc(Br)c(CC(N)c2cc(F)cc(F)c2)n1. The number of aromatic nitrogens is 1. The number of pyridine rings is 1. The first-order chi connectivity index (χ1) is 10.3. The lowest BCUT2D eigenvalue weighted by atomic mass is 10.0. The highest BCUT2D eigenvalue weighted by atomic mass is 79.9. The quantitative estimate of drug-likeness (QED) is 0.868. The maximum absolute atomic E-state index is 13.2. The molecule has 0 aliphatic heterocycles. The summed E-state index contributed by atoms with van der Waals surface area (Å²) in [6.07, 6.45) is 0.261. The molecule has 3 N–H and O–H groups in total. The molecule has 0 saturated heterocycles. The third kappa shape index (κ3) is 4.32. The second-order valence-corrected chi connectivity index (χ2v) is 5.67. The van der Waals surface area contributed by atoms with Gasteiger partial charge in [-0.15, -0.1) is 0 Å². The van der Waals surface area contributed by atoms with E-state index >= 15 is 0 Å². The van der Waals surface area contributed by atoms with Gasteiger partial charge in [-0.1, -0.05) is 0 Å². The van der Waals surface area contributed by atoms with E-state index in [0.717, 1.165) is 6.07 Å². The average Bonchev–Trinajstić information content (AvgIpc) is 2.40. The Balaban J connectivity index is 2.23. The largest absolute Gasteiger partial charge is 0.324 e. The van der Waals surface area contributed by atoms with Crippen LogP contribution < -0.4 is 11.1 Å². The van der Waals surface area contributed by atoms with Crippen LogP contribution >= 0.6 is 15.9 Å². The Bertz CT molecular complexity index is 689. The van der Waals surface area contributed by atoms with Gasteiger partial charge in [0, 0.05) is 29.9 Å². The zero-order chi connectivity index (χ0) is 16.3. The lowest BCUT2D eigenvalue weighted by Crippen LogP contribution is -2.16. The molecule has 116 valence electrons. The Hall–Kier alpha value is -1.86. The molecule has 0 spiro atoms. The molecule has 0 saturated carbocycles. The molecule has 0 fully saturated rings. The molecule has 1 atom stereocenters. The van der Waals surface area contributed by atoms with Crippen molar-refractivity contribution in [3.63, 3.8) is 0 Å². The minimum atomic E-state index is -0.676. The third-order valence-corrected chi connectivity index (χ3v) is 3.67. The van der Waals surface area contributed by atoms with Gasteiger partial charge in [-0.05, 0) is 45.8 Å². The lowest BCUT2D eigenvalue weighted by Gasteiger charge is -2.14. The van der Waals surface area contributed by atoms with Gasteiger partial charge < -0.3 is 11.1 Å². The van der Waals surface area contributed by atoms with E-state index < -0.39 is 17.7 Å². The maximum atomic E-state index is 13.2. The van der Waals surface area contributed by atoms with Gasteiger partial charge >= 0.3 is 0 Å². The molecule has 2 rings (SSSR count). The van der Waals surface area contributed by atoms with Gasteiger partial charge in [0.1, 0.15) is 17.5 Å². The summed E-state index contributed by atoms with van der Waals surface area (Å²) in [7, 11) is 0. The zero-order valence-electron chi connectivity index (χ0n) is 11.7. The van der Waals surface area contributed by atoms with Crippen molar-refractivity contribution in [3.05, 3.63) is 57.7 Å². The molecule has 0 bridgehead atoms. The number of rotatable bonds is 4. The molecule has 7 heteroatoms. The number of anilines is 1. The Morgan fingerprint density at radius 1 is 1.32 bits per heavy atom.